The van der Waals surface area contributed by atoms with Gasteiger partial charge in [0.1, 0.15) is 12.6 Å². The molecule has 0 saturated carbocycles. The molecular weight excluding hydrogens is 314 g/mol. The van der Waals surface area contributed by atoms with Crippen LogP contribution < -0.4 is 11.2 Å². The molecule has 0 aliphatic rings. The largest absolute Gasteiger partial charge is 0.376 e. The molecule has 0 fully saturated rings. The molecule has 0 bridgehead atoms. The van der Waals surface area contributed by atoms with Gasteiger partial charge in [0.25, 0.3) is 5.56 Å². The molecule has 0 saturated heterocycles. The van der Waals surface area contributed by atoms with Gasteiger partial charge in [0, 0.05) is 34.1 Å². The first-order valence-corrected chi connectivity index (χ1v) is 7.77. The molecule has 0 atom stereocenters. The predicted octanol–water partition coefficient (Wildman–Crippen LogP) is -0.679. The number of fused-ring (bicyclic) bond motifs is 1. The summed E-state index contributed by atoms with van der Waals surface area (Å²) in [7, 11) is 4.85. The maximum absolute atomic E-state index is 12.6. The number of hydrogen-bond acceptors (Lipinski definition) is 5. The Kier molecular flexibility index (Phi) is 5.23. The highest BCUT2D eigenvalue weighted by Gasteiger charge is 2.16. The molecular formula is C15H23N5O4. The number of aromatic nitrogens is 4. The summed E-state index contributed by atoms with van der Waals surface area (Å²) in [6.07, 6.45) is 1.31. The van der Waals surface area contributed by atoms with Gasteiger partial charge in [0.15, 0.2) is 11.2 Å². The van der Waals surface area contributed by atoms with Crippen LogP contribution in [0, 0.1) is 6.92 Å². The third-order valence-corrected chi connectivity index (χ3v) is 4.24. The zero-order valence-electron chi connectivity index (χ0n) is 14.4. The van der Waals surface area contributed by atoms with Gasteiger partial charge in [-0.3, -0.25) is 18.7 Å². The minimum Gasteiger partial charge on any atom is -0.376 e. The zero-order valence-corrected chi connectivity index (χ0v) is 14.4. The van der Waals surface area contributed by atoms with E-state index in [0.717, 1.165) is 0 Å². The predicted molar refractivity (Wildman–Crippen MR) is 88.7 cm³/mol. The fraction of sp³-hybridized carbons (Fsp3) is 0.600. The Hall–Kier alpha value is -2.42. The second kappa shape index (κ2) is 7.00. The van der Waals surface area contributed by atoms with E-state index in [1.165, 1.54) is 21.1 Å². The zero-order chi connectivity index (χ0) is 18.0. The van der Waals surface area contributed by atoms with Crippen molar-refractivity contribution in [2.75, 3.05) is 13.8 Å². The summed E-state index contributed by atoms with van der Waals surface area (Å²) in [5, 5.41) is 8.88. The summed E-state index contributed by atoms with van der Waals surface area (Å²) in [6, 6.07) is 0. The highest BCUT2D eigenvalue weighted by molar-refractivity contribution is 5.75. The molecule has 1 N–H and O–H groups in total. The van der Waals surface area contributed by atoms with Crippen molar-refractivity contribution in [3.63, 3.8) is 0 Å². The third-order valence-electron chi connectivity index (χ3n) is 4.24. The number of amides is 1. The number of aliphatic hydroxyl groups excluding tert-OH is 1. The van der Waals surface area contributed by atoms with Crippen molar-refractivity contribution in [2.45, 2.75) is 32.7 Å². The highest BCUT2D eigenvalue weighted by Crippen LogP contribution is 2.08. The molecule has 0 aliphatic carbocycles. The van der Waals surface area contributed by atoms with Crippen molar-refractivity contribution in [3.05, 3.63) is 26.7 Å². The Morgan fingerprint density at radius 3 is 2.50 bits per heavy atom. The number of rotatable bonds is 6. The van der Waals surface area contributed by atoms with E-state index in [4.69, 9.17) is 5.11 Å². The van der Waals surface area contributed by atoms with Crippen LogP contribution in [-0.2, 0) is 25.4 Å². The number of unbranched alkanes of at least 4 members (excludes halogenated alkanes) is 1. The van der Waals surface area contributed by atoms with Gasteiger partial charge in [0.05, 0.1) is 0 Å². The Labute approximate surface area is 138 Å². The second-order valence-electron chi connectivity index (χ2n) is 5.88. The molecule has 0 aliphatic heterocycles. The molecule has 132 valence electrons. The van der Waals surface area contributed by atoms with Gasteiger partial charge in [-0.25, -0.2) is 9.78 Å². The molecule has 9 heteroatoms. The van der Waals surface area contributed by atoms with E-state index in [9.17, 15) is 14.4 Å². The van der Waals surface area contributed by atoms with Crippen molar-refractivity contribution >= 4 is 17.1 Å². The first-order chi connectivity index (χ1) is 11.3. The Morgan fingerprint density at radius 2 is 1.88 bits per heavy atom. The normalized spacial score (nSPS) is 11.2. The van der Waals surface area contributed by atoms with Crippen LogP contribution in [-0.4, -0.2) is 48.4 Å². The van der Waals surface area contributed by atoms with E-state index < -0.39 is 5.69 Å². The molecule has 0 spiro atoms. The van der Waals surface area contributed by atoms with Gasteiger partial charge in [-0.2, -0.15) is 0 Å². The van der Waals surface area contributed by atoms with E-state index in [1.807, 2.05) is 0 Å². The first-order valence-electron chi connectivity index (χ1n) is 7.77. The lowest BCUT2D eigenvalue weighted by atomic mass is 10.2. The summed E-state index contributed by atoms with van der Waals surface area (Å²) in [6.45, 7) is 1.69. The van der Waals surface area contributed by atoms with E-state index in [1.54, 1.807) is 25.6 Å². The maximum atomic E-state index is 12.6. The van der Waals surface area contributed by atoms with Crippen LogP contribution in [0.25, 0.3) is 11.2 Å². The number of aryl methyl sites for hydroxylation is 3. The summed E-state index contributed by atoms with van der Waals surface area (Å²) < 4.78 is 4.23. The van der Waals surface area contributed by atoms with Crippen molar-refractivity contribution in [1.29, 1.82) is 0 Å². The Morgan fingerprint density at radius 1 is 1.21 bits per heavy atom. The average Bonchev–Trinajstić information content (AvgIpc) is 2.86. The summed E-state index contributed by atoms with van der Waals surface area (Å²) >= 11 is 0. The Balaban J connectivity index is 2.21. The van der Waals surface area contributed by atoms with Crippen LogP contribution in [0.3, 0.4) is 0 Å². The topological polar surface area (TPSA) is 102 Å². The first kappa shape index (κ1) is 17.9. The minimum atomic E-state index is -0.413. The van der Waals surface area contributed by atoms with E-state index in [2.05, 4.69) is 4.98 Å². The van der Waals surface area contributed by atoms with Gasteiger partial charge in [-0.1, -0.05) is 0 Å². The van der Waals surface area contributed by atoms with E-state index in [-0.39, 0.29) is 31.2 Å². The van der Waals surface area contributed by atoms with Gasteiger partial charge in [-0.15, -0.1) is 0 Å². The smallest absolute Gasteiger partial charge is 0.332 e. The summed E-state index contributed by atoms with van der Waals surface area (Å²) in [5.74, 6) is 0.489. The lowest BCUT2D eigenvalue weighted by Gasteiger charge is -2.13. The van der Waals surface area contributed by atoms with Gasteiger partial charge < -0.3 is 14.6 Å². The molecule has 0 aromatic carbocycles. The maximum Gasteiger partial charge on any atom is 0.332 e. The molecule has 2 aromatic rings. The molecule has 2 heterocycles. The van der Waals surface area contributed by atoms with Crippen LogP contribution in [0.1, 0.15) is 25.1 Å². The Bertz CT molecular complexity index is 877. The highest BCUT2D eigenvalue weighted by atomic mass is 16.3. The third kappa shape index (κ3) is 3.12. The second-order valence-corrected chi connectivity index (χ2v) is 5.88. The van der Waals surface area contributed by atoms with Crippen LogP contribution in [0.5, 0.6) is 0 Å². The van der Waals surface area contributed by atoms with Crippen LogP contribution >= 0.6 is 0 Å². The van der Waals surface area contributed by atoms with Crippen LogP contribution in [0.4, 0.5) is 0 Å². The fourth-order valence-corrected chi connectivity index (χ4v) is 2.57. The average molecular weight is 337 g/mol. The monoisotopic (exact) mass is 337 g/mol. The number of carbonyl (C=O) groups excluding carboxylic acids is 1. The molecule has 9 nitrogen and oxygen atoms in total. The van der Waals surface area contributed by atoms with Gasteiger partial charge in [-0.05, 0) is 19.8 Å². The lowest BCUT2D eigenvalue weighted by molar-refractivity contribution is -0.133. The quantitative estimate of drug-likeness (QED) is 0.556. The summed E-state index contributed by atoms with van der Waals surface area (Å²) in [4.78, 5) is 42.1. The van der Waals surface area contributed by atoms with Crippen molar-refractivity contribution in [1.82, 2.24) is 23.6 Å². The molecule has 1 amide bonds. The number of aliphatic hydroxyl groups is 1. The molecule has 0 radical (unpaired) electrons. The van der Waals surface area contributed by atoms with E-state index >= 15 is 0 Å². The minimum absolute atomic E-state index is 0.171. The van der Waals surface area contributed by atoms with E-state index in [0.29, 0.717) is 29.8 Å². The fourth-order valence-electron chi connectivity index (χ4n) is 2.57. The SMILES string of the molecule is Cc1nc2c(c(=O)n(CCCCC(=O)N(C)CO)c(=O)n2C)n1C. The molecule has 2 aromatic heterocycles. The standard InChI is InChI=1S/C15H23N5O4/c1-10-16-13-12(18(10)3)14(23)20(15(24)19(13)4)8-6-5-7-11(22)17(2)9-21/h21H,5-9H2,1-4H3. The number of hydrogen-bond donors (Lipinski definition) is 1. The lowest BCUT2D eigenvalue weighted by Crippen LogP contribution is -2.39. The molecule has 2 rings (SSSR count). The number of carbonyl (C=O) groups is 1. The van der Waals surface area contributed by atoms with Gasteiger partial charge in [0.2, 0.25) is 5.91 Å². The number of nitrogens with zero attached hydrogens (tertiary/aromatic N) is 5. The number of imidazole rings is 1. The molecule has 24 heavy (non-hydrogen) atoms. The van der Waals surface area contributed by atoms with Crippen molar-refractivity contribution in [2.24, 2.45) is 14.1 Å². The van der Waals surface area contributed by atoms with Crippen LogP contribution in [0.15, 0.2) is 9.59 Å². The summed E-state index contributed by atoms with van der Waals surface area (Å²) in [5.41, 5.74) is -0.00825. The van der Waals surface area contributed by atoms with Gasteiger partial charge >= 0.3 is 5.69 Å². The van der Waals surface area contributed by atoms with Crippen LogP contribution in [0.2, 0.25) is 0 Å². The van der Waals surface area contributed by atoms with Crippen molar-refractivity contribution in [3.8, 4) is 0 Å². The molecule has 0 unspecified atom stereocenters. The van der Waals surface area contributed by atoms with Crippen molar-refractivity contribution < 1.29 is 9.90 Å².